The monoisotopic (exact) mass is 830 g/mol. The Morgan fingerprint density at radius 3 is 1.57 bits per heavy atom. The van der Waals surface area contributed by atoms with Crippen LogP contribution in [0, 0.1) is 0 Å². The van der Waals surface area contributed by atoms with E-state index in [-0.39, 0.29) is 5.41 Å². The molecule has 0 saturated heterocycles. The summed E-state index contributed by atoms with van der Waals surface area (Å²) in [5, 5.41) is 2.25. The Morgan fingerprint density at radius 1 is 0.338 bits per heavy atom. The number of nitrogens with zero attached hydrogens (tertiary/aromatic N) is 2. The Bertz CT molecular complexity index is 3640. The normalized spacial score (nSPS) is 13.9. The zero-order chi connectivity index (χ0) is 43.3. The van der Waals surface area contributed by atoms with E-state index in [9.17, 15) is 0 Å². The van der Waals surface area contributed by atoms with Gasteiger partial charge in [-0.15, -0.1) is 0 Å². The van der Waals surface area contributed by atoms with Crippen molar-refractivity contribution in [3.63, 3.8) is 0 Å². The average Bonchev–Trinajstić information content (AvgIpc) is 3.90. The molecule has 0 atom stereocenters. The minimum Gasteiger partial charge on any atom is -0.455 e. The SMILES string of the molecule is CC1(C)c2ccccc2C2(c3ccccc3-c3ccccc32)c2cc(-c3ccccc3-c3nc(-c4ccccc4)cc(-c4ccc(-c5cccc6c5oc5ccccc56)cc4)n3)ccc21. The second kappa shape index (κ2) is 14.2. The fourth-order valence-corrected chi connectivity index (χ4v) is 11.2. The molecule has 2 aromatic heterocycles. The van der Waals surface area contributed by atoms with E-state index in [1.165, 1.54) is 44.5 Å². The number of furan rings is 1. The Hall–Kier alpha value is -8.14. The van der Waals surface area contributed by atoms with Crippen LogP contribution in [0.25, 0.3) is 89.2 Å². The van der Waals surface area contributed by atoms with Gasteiger partial charge in [0.1, 0.15) is 11.2 Å². The Morgan fingerprint density at radius 2 is 0.846 bits per heavy atom. The van der Waals surface area contributed by atoms with Gasteiger partial charge in [0.05, 0.1) is 16.8 Å². The Labute approximate surface area is 378 Å². The fourth-order valence-electron chi connectivity index (χ4n) is 11.2. The van der Waals surface area contributed by atoms with E-state index in [0.29, 0.717) is 5.82 Å². The van der Waals surface area contributed by atoms with E-state index < -0.39 is 5.41 Å². The number of aromatic nitrogens is 2. The van der Waals surface area contributed by atoms with Gasteiger partial charge in [-0.3, -0.25) is 0 Å². The molecular formula is C62H42N2O. The van der Waals surface area contributed by atoms with E-state index in [2.05, 4.69) is 214 Å². The lowest BCUT2D eigenvalue weighted by Gasteiger charge is -2.47. The first-order chi connectivity index (χ1) is 32.0. The van der Waals surface area contributed by atoms with Crippen LogP contribution in [0.2, 0.25) is 0 Å². The molecule has 3 heteroatoms. The molecule has 2 aliphatic rings. The number of benzene rings is 9. The molecule has 0 amide bonds. The number of para-hydroxylation sites is 2. The van der Waals surface area contributed by atoms with Crippen molar-refractivity contribution in [3.05, 3.63) is 252 Å². The lowest BCUT2D eigenvalue weighted by molar-refractivity contribution is 0.563. The van der Waals surface area contributed by atoms with Crippen molar-refractivity contribution in [2.24, 2.45) is 0 Å². The third-order valence-corrected chi connectivity index (χ3v) is 14.2. The quantitative estimate of drug-likeness (QED) is 0.173. The van der Waals surface area contributed by atoms with Crippen LogP contribution in [0.5, 0.6) is 0 Å². The molecule has 0 bridgehead atoms. The molecule has 3 nitrogen and oxygen atoms in total. The first-order valence-electron chi connectivity index (χ1n) is 22.5. The van der Waals surface area contributed by atoms with E-state index in [1.807, 2.05) is 18.2 Å². The second-order valence-electron chi connectivity index (χ2n) is 18.0. The second-order valence-corrected chi connectivity index (χ2v) is 18.0. The fraction of sp³-hybridized carbons (Fsp3) is 0.0645. The number of hydrogen-bond acceptors (Lipinski definition) is 3. The minimum atomic E-state index is -0.488. The van der Waals surface area contributed by atoms with Gasteiger partial charge in [-0.1, -0.05) is 214 Å². The van der Waals surface area contributed by atoms with Gasteiger partial charge in [0.25, 0.3) is 0 Å². The van der Waals surface area contributed by atoms with Crippen LogP contribution in [-0.4, -0.2) is 9.97 Å². The van der Waals surface area contributed by atoms with Crippen molar-refractivity contribution in [1.82, 2.24) is 9.97 Å². The maximum absolute atomic E-state index is 6.42. The van der Waals surface area contributed by atoms with Gasteiger partial charge in [0, 0.05) is 38.4 Å². The van der Waals surface area contributed by atoms with E-state index in [1.54, 1.807) is 0 Å². The van der Waals surface area contributed by atoms with Crippen LogP contribution in [0.3, 0.4) is 0 Å². The van der Waals surface area contributed by atoms with Gasteiger partial charge < -0.3 is 4.42 Å². The maximum Gasteiger partial charge on any atom is 0.161 e. The Balaban J connectivity index is 0.980. The molecular weight excluding hydrogens is 789 g/mol. The van der Waals surface area contributed by atoms with Gasteiger partial charge >= 0.3 is 0 Å². The zero-order valence-electron chi connectivity index (χ0n) is 36.1. The Kier molecular flexibility index (Phi) is 8.17. The van der Waals surface area contributed by atoms with Crippen molar-refractivity contribution >= 4 is 21.9 Å². The smallest absolute Gasteiger partial charge is 0.161 e. The predicted molar refractivity (Wildman–Crippen MR) is 266 cm³/mol. The van der Waals surface area contributed by atoms with Gasteiger partial charge in [0.2, 0.25) is 0 Å². The first kappa shape index (κ1) is 37.4. The molecule has 9 aromatic carbocycles. The van der Waals surface area contributed by atoms with Gasteiger partial charge in [-0.05, 0) is 79.4 Å². The molecule has 0 saturated carbocycles. The van der Waals surface area contributed by atoms with Crippen LogP contribution in [0.4, 0.5) is 0 Å². The highest BCUT2D eigenvalue weighted by atomic mass is 16.3. The molecule has 0 radical (unpaired) electrons. The van der Waals surface area contributed by atoms with Crippen molar-refractivity contribution in [1.29, 1.82) is 0 Å². The largest absolute Gasteiger partial charge is 0.455 e. The third kappa shape index (κ3) is 5.49. The molecule has 0 N–H and O–H groups in total. The molecule has 1 spiro atoms. The summed E-state index contributed by atoms with van der Waals surface area (Å²) in [5.74, 6) is 0.683. The number of rotatable bonds is 5. The summed E-state index contributed by atoms with van der Waals surface area (Å²) in [6.07, 6.45) is 0. The minimum absolute atomic E-state index is 0.224. The standard InChI is InChI=1S/C62H42N2O/c1-61(2)52-28-13-14-29-54(52)62(50-26-11-8-20-45(50)46-21-9-12-27-51(46)62)55-37-42(35-36-53(55)61)43-19-6-7-23-49(43)60-63-56(40-17-4-3-5-18-40)38-57(64-60)41-33-31-39(32-34-41)44-24-16-25-48-47-22-10-15-30-58(47)65-59(44)48/h3-38H,1-2H3. The van der Waals surface area contributed by atoms with Crippen LogP contribution < -0.4 is 0 Å². The summed E-state index contributed by atoms with van der Waals surface area (Å²) in [6.45, 7) is 4.77. The summed E-state index contributed by atoms with van der Waals surface area (Å²) < 4.78 is 6.42. The molecule has 2 aliphatic carbocycles. The first-order valence-corrected chi connectivity index (χ1v) is 22.5. The number of fused-ring (bicyclic) bond motifs is 12. The van der Waals surface area contributed by atoms with Crippen LogP contribution >= 0.6 is 0 Å². The van der Waals surface area contributed by atoms with Crippen molar-refractivity contribution in [3.8, 4) is 67.3 Å². The van der Waals surface area contributed by atoms with Crippen LogP contribution in [0.15, 0.2) is 223 Å². The summed E-state index contributed by atoms with van der Waals surface area (Å²) >= 11 is 0. The molecule has 2 heterocycles. The predicted octanol–water partition coefficient (Wildman–Crippen LogP) is 15.7. The molecule has 0 aliphatic heterocycles. The van der Waals surface area contributed by atoms with Gasteiger partial charge in [-0.25, -0.2) is 9.97 Å². The van der Waals surface area contributed by atoms with Gasteiger partial charge in [-0.2, -0.15) is 0 Å². The van der Waals surface area contributed by atoms with Crippen LogP contribution in [0.1, 0.15) is 47.2 Å². The summed E-state index contributed by atoms with van der Waals surface area (Å²) in [6, 6.07) is 78.9. The van der Waals surface area contributed by atoms with E-state index in [4.69, 9.17) is 14.4 Å². The van der Waals surface area contributed by atoms with Gasteiger partial charge in [0.15, 0.2) is 5.82 Å². The average molecular weight is 831 g/mol. The molecule has 0 fully saturated rings. The summed E-state index contributed by atoms with van der Waals surface area (Å²) in [4.78, 5) is 10.8. The van der Waals surface area contributed by atoms with Crippen molar-refractivity contribution < 1.29 is 4.42 Å². The molecule has 13 rings (SSSR count). The molecule has 65 heavy (non-hydrogen) atoms. The molecule has 0 unspecified atom stereocenters. The topological polar surface area (TPSA) is 38.9 Å². The highest BCUT2D eigenvalue weighted by Crippen LogP contribution is 2.62. The van der Waals surface area contributed by atoms with E-state index in [0.717, 1.165) is 72.3 Å². The molecule has 11 aromatic rings. The maximum atomic E-state index is 6.42. The van der Waals surface area contributed by atoms with Crippen LogP contribution in [-0.2, 0) is 10.8 Å². The lowest BCUT2D eigenvalue weighted by atomic mass is 9.55. The van der Waals surface area contributed by atoms with Crippen molar-refractivity contribution in [2.45, 2.75) is 24.7 Å². The molecule has 306 valence electrons. The summed E-state index contributed by atoms with van der Waals surface area (Å²) in [5.41, 5.74) is 20.9. The highest BCUT2D eigenvalue weighted by molar-refractivity contribution is 6.09. The number of hydrogen-bond donors (Lipinski definition) is 0. The van der Waals surface area contributed by atoms with Crippen molar-refractivity contribution in [2.75, 3.05) is 0 Å². The lowest BCUT2D eigenvalue weighted by Crippen LogP contribution is -2.40. The van der Waals surface area contributed by atoms with E-state index >= 15 is 0 Å². The summed E-state index contributed by atoms with van der Waals surface area (Å²) in [7, 11) is 0. The third-order valence-electron chi connectivity index (χ3n) is 14.2. The highest BCUT2D eigenvalue weighted by Gasteiger charge is 2.53. The zero-order valence-corrected chi connectivity index (χ0v) is 36.1.